The van der Waals surface area contributed by atoms with Gasteiger partial charge in [0.15, 0.2) is 12.0 Å². The van der Waals surface area contributed by atoms with Crippen LogP contribution in [-0.4, -0.2) is 47.4 Å². The minimum atomic E-state index is -1.33. The third-order valence-electron chi connectivity index (χ3n) is 4.53. The lowest BCUT2D eigenvalue weighted by Crippen LogP contribution is -2.29. The van der Waals surface area contributed by atoms with Crippen LogP contribution in [0.1, 0.15) is 43.7 Å². The SMILES string of the molecule is C1CNC1.CN=C/C(=C\N)c1cnc(Nc2cc(N)nc(C(C)F)n2)cc1OC1CC1. The molecule has 31 heavy (non-hydrogen) atoms. The van der Waals surface area contributed by atoms with Crippen molar-refractivity contribution in [3.63, 3.8) is 0 Å². The number of alkyl halides is 1. The number of aliphatic imine (C=N–C) groups is 1. The van der Waals surface area contributed by atoms with E-state index in [-0.39, 0.29) is 17.7 Å². The Bertz CT molecular complexity index is 935. The third kappa shape index (κ3) is 6.61. The lowest BCUT2D eigenvalue weighted by Gasteiger charge is -2.14. The fourth-order valence-corrected chi connectivity index (χ4v) is 2.56. The van der Waals surface area contributed by atoms with Crippen LogP contribution in [0.5, 0.6) is 5.75 Å². The van der Waals surface area contributed by atoms with E-state index >= 15 is 0 Å². The zero-order valence-electron chi connectivity index (χ0n) is 17.8. The Hall–Kier alpha value is -3.27. The summed E-state index contributed by atoms with van der Waals surface area (Å²) in [6.45, 7) is 3.85. The van der Waals surface area contributed by atoms with E-state index in [1.165, 1.54) is 38.7 Å². The number of nitrogens with two attached hydrogens (primary N) is 2. The van der Waals surface area contributed by atoms with Crippen molar-refractivity contribution in [2.24, 2.45) is 10.7 Å². The van der Waals surface area contributed by atoms with Crippen LogP contribution in [0.25, 0.3) is 5.57 Å². The highest BCUT2D eigenvalue weighted by molar-refractivity contribution is 6.10. The molecule has 1 atom stereocenters. The molecule has 1 unspecified atom stereocenters. The number of nitrogens with one attached hydrogen (secondary N) is 2. The second kappa shape index (κ2) is 10.7. The number of hydrogen-bond acceptors (Lipinski definition) is 9. The molecule has 2 aromatic heterocycles. The van der Waals surface area contributed by atoms with Crippen LogP contribution >= 0.6 is 0 Å². The van der Waals surface area contributed by atoms with Crippen LogP contribution < -0.4 is 26.8 Å². The predicted molar refractivity (Wildman–Crippen MR) is 121 cm³/mol. The van der Waals surface area contributed by atoms with E-state index in [1.807, 2.05) is 0 Å². The van der Waals surface area contributed by atoms with Crippen molar-refractivity contribution in [2.45, 2.75) is 38.5 Å². The van der Waals surface area contributed by atoms with Gasteiger partial charge in [-0.15, -0.1) is 0 Å². The highest BCUT2D eigenvalue weighted by Gasteiger charge is 2.25. The van der Waals surface area contributed by atoms with Crippen molar-refractivity contribution in [1.82, 2.24) is 20.3 Å². The van der Waals surface area contributed by atoms with Crippen molar-refractivity contribution in [1.29, 1.82) is 0 Å². The van der Waals surface area contributed by atoms with E-state index in [9.17, 15) is 4.39 Å². The maximum Gasteiger partial charge on any atom is 0.166 e. The number of aromatic nitrogens is 3. The highest BCUT2D eigenvalue weighted by Crippen LogP contribution is 2.33. The summed E-state index contributed by atoms with van der Waals surface area (Å²) in [5, 5.41) is 6.13. The van der Waals surface area contributed by atoms with E-state index in [1.54, 1.807) is 25.5 Å². The van der Waals surface area contributed by atoms with Crippen LogP contribution in [0.3, 0.4) is 0 Å². The Kier molecular flexibility index (Phi) is 7.71. The number of ether oxygens (including phenoxy) is 1. The molecule has 0 bridgehead atoms. The summed E-state index contributed by atoms with van der Waals surface area (Å²) < 4.78 is 19.5. The van der Waals surface area contributed by atoms with Crippen LogP contribution in [0.4, 0.5) is 21.8 Å². The summed E-state index contributed by atoms with van der Waals surface area (Å²) in [7, 11) is 1.66. The van der Waals surface area contributed by atoms with Gasteiger partial charge in [0.1, 0.15) is 23.2 Å². The fourth-order valence-electron chi connectivity index (χ4n) is 2.56. The van der Waals surface area contributed by atoms with Gasteiger partial charge in [0.05, 0.1) is 6.10 Å². The van der Waals surface area contributed by atoms with Gasteiger partial charge >= 0.3 is 0 Å². The second-order valence-corrected chi connectivity index (χ2v) is 7.27. The molecule has 2 aromatic rings. The number of anilines is 3. The quantitative estimate of drug-likeness (QED) is 0.494. The summed E-state index contributed by atoms with van der Waals surface area (Å²) in [5.41, 5.74) is 12.9. The van der Waals surface area contributed by atoms with Gasteiger partial charge in [-0.1, -0.05) is 0 Å². The summed E-state index contributed by atoms with van der Waals surface area (Å²) in [4.78, 5) is 16.4. The van der Waals surface area contributed by atoms with Gasteiger partial charge in [-0.05, 0) is 39.3 Å². The molecule has 1 aliphatic carbocycles. The number of rotatable bonds is 7. The van der Waals surface area contributed by atoms with Crippen LogP contribution in [0.15, 0.2) is 29.5 Å². The van der Waals surface area contributed by atoms with E-state index in [4.69, 9.17) is 16.2 Å². The Morgan fingerprint density at radius 3 is 2.58 bits per heavy atom. The largest absolute Gasteiger partial charge is 0.490 e. The molecule has 166 valence electrons. The van der Waals surface area contributed by atoms with Gasteiger partial charge in [0, 0.05) is 48.9 Å². The minimum Gasteiger partial charge on any atom is -0.490 e. The van der Waals surface area contributed by atoms with Crippen LogP contribution in [0.2, 0.25) is 0 Å². The average Bonchev–Trinajstić information content (AvgIpc) is 3.49. The first kappa shape index (κ1) is 22.4. The average molecular weight is 429 g/mol. The van der Waals surface area contributed by atoms with E-state index < -0.39 is 6.17 Å². The number of allylic oxidation sites excluding steroid dienone is 1. The molecule has 1 aliphatic heterocycles. The number of nitrogen functional groups attached to an aromatic ring is 1. The number of hydrogen-bond donors (Lipinski definition) is 4. The number of pyridine rings is 1. The summed E-state index contributed by atoms with van der Waals surface area (Å²) in [5.74, 6) is 1.65. The zero-order valence-corrected chi connectivity index (χ0v) is 17.8. The topological polar surface area (TPSA) is 136 Å². The van der Waals surface area contributed by atoms with Crippen molar-refractivity contribution >= 4 is 29.2 Å². The highest BCUT2D eigenvalue weighted by atomic mass is 19.1. The molecule has 2 aliphatic rings. The van der Waals surface area contributed by atoms with Gasteiger partial charge in [-0.25, -0.2) is 19.3 Å². The van der Waals surface area contributed by atoms with E-state index in [0.717, 1.165) is 18.4 Å². The Morgan fingerprint density at radius 1 is 1.32 bits per heavy atom. The van der Waals surface area contributed by atoms with Crippen molar-refractivity contribution < 1.29 is 9.13 Å². The van der Waals surface area contributed by atoms with Gasteiger partial charge in [0.25, 0.3) is 0 Å². The maximum absolute atomic E-state index is 13.5. The van der Waals surface area contributed by atoms with Crippen molar-refractivity contribution in [2.75, 3.05) is 31.2 Å². The Balaban J connectivity index is 0.000000610. The van der Waals surface area contributed by atoms with Gasteiger partial charge in [-0.2, -0.15) is 0 Å². The third-order valence-corrected chi connectivity index (χ3v) is 4.53. The summed E-state index contributed by atoms with van der Waals surface area (Å²) >= 11 is 0. The number of nitrogens with zero attached hydrogens (tertiary/aromatic N) is 4. The molecule has 3 heterocycles. The first-order chi connectivity index (χ1) is 15.0. The second-order valence-electron chi connectivity index (χ2n) is 7.27. The van der Waals surface area contributed by atoms with Gasteiger partial charge < -0.3 is 26.8 Å². The molecule has 0 radical (unpaired) electrons. The lowest BCUT2D eigenvalue weighted by atomic mass is 10.1. The molecule has 1 saturated carbocycles. The molecular weight excluding hydrogens is 399 g/mol. The van der Waals surface area contributed by atoms with E-state index in [2.05, 4.69) is 30.6 Å². The van der Waals surface area contributed by atoms with Crippen molar-refractivity contribution in [3.05, 3.63) is 35.9 Å². The monoisotopic (exact) mass is 428 g/mol. The summed E-state index contributed by atoms with van der Waals surface area (Å²) in [6.07, 6.45) is 7.00. The van der Waals surface area contributed by atoms with Gasteiger partial charge in [0.2, 0.25) is 0 Å². The van der Waals surface area contributed by atoms with Crippen molar-refractivity contribution in [3.8, 4) is 5.75 Å². The molecule has 10 heteroatoms. The first-order valence-corrected chi connectivity index (χ1v) is 10.3. The van der Waals surface area contributed by atoms with Crippen LogP contribution in [-0.2, 0) is 0 Å². The van der Waals surface area contributed by atoms with E-state index in [0.29, 0.717) is 23.0 Å². The molecule has 2 fully saturated rings. The molecular formula is C21H29FN8O. The smallest absolute Gasteiger partial charge is 0.166 e. The first-order valence-electron chi connectivity index (χ1n) is 10.3. The molecule has 1 saturated heterocycles. The normalized spacial score (nSPS) is 16.8. The Labute approximate surface area is 181 Å². The lowest BCUT2D eigenvalue weighted by molar-refractivity contribution is 0.302. The maximum atomic E-state index is 13.5. The minimum absolute atomic E-state index is 0.0103. The van der Waals surface area contributed by atoms with Crippen LogP contribution in [0, 0.1) is 0 Å². The molecule has 4 rings (SSSR count). The zero-order chi connectivity index (χ0) is 22.2. The van der Waals surface area contributed by atoms with Gasteiger partial charge in [-0.3, -0.25) is 4.99 Å². The molecule has 6 N–H and O–H groups in total. The molecule has 9 nitrogen and oxygen atoms in total. The summed E-state index contributed by atoms with van der Waals surface area (Å²) in [6, 6.07) is 3.26. The number of halogens is 1. The molecule has 0 aromatic carbocycles. The Morgan fingerprint density at radius 2 is 2.03 bits per heavy atom. The predicted octanol–water partition coefficient (Wildman–Crippen LogP) is 2.75. The fraction of sp³-hybridized carbons (Fsp3) is 0.429. The molecule has 0 amide bonds. The standard InChI is InChI=1S/C18H22FN7O.C3H7N/c1-10(19)18-24-15(21)6-17(26-18)25-16-5-14(27-12-3-4-12)13(9-23-16)11(7-20)8-22-2;1-2-4-3-1/h5-10,12H,3-4,20H2,1-2H3,(H3,21,23,24,25,26);4H,1-3H2/b11-7+,22-8?;. The molecule has 0 spiro atoms.